The van der Waals surface area contributed by atoms with Crippen molar-refractivity contribution in [3.05, 3.63) is 33.5 Å². The van der Waals surface area contributed by atoms with Gasteiger partial charge < -0.3 is 11.5 Å². The number of hydrogen-bond donors (Lipinski definition) is 2. The summed E-state index contributed by atoms with van der Waals surface area (Å²) in [6.45, 7) is 3.70. The summed E-state index contributed by atoms with van der Waals surface area (Å²) < 4.78 is 2.10. The SMILES string of the molecule is C=CCn1c(N)c(N)c(=O)n(C)c1=O. The quantitative estimate of drug-likeness (QED) is 0.586. The molecular formula is C8H12N4O2. The van der Waals surface area contributed by atoms with E-state index in [2.05, 4.69) is 6.58 Å². The molecule has 0 fully saturated rings. The molecule has 0 aliphatic carbocycles. The van der Waals surface area contributed by atoms with Crippen LogP contribution in [0.25, 0.3) is 0 Å². The molecule has 0 aromatic carbocycles. The van der Waals surface area contributed by atoms with Crippen molar-refractivity contribution >= 4 is 11.5 Å². The number of anilines is 2. The van der Waals surface area contributed by atoms with E-state index in [1.54, 1.807) is 0 Å². The van der Waals surface area contributed by atoms with Gasteiger partial charge in [-0.15, -0.1) is 6.58 Å². The maximum atomic E-state index is 11.5. The van der Waals surface area contributed by atoms with E-state index in [0.717, 1.165) is 4.57 Å². The molecule has 1 heterocycles. The highest BCUT2D eigenvalue weighted by molar-refractivity contribution is 5.56. The van der Waals surface area contributed by atoms with Crippen molar-refractivity contribution in [2.75, 3.05) is 11.5 Å². The van der Waals surface area contributed by atoms with Crippen molar-refractivity contribution in [3.8, 4) is 0 Å². The van der Waals surface area contributed by atoms with Gasteiger partial charge in [-0.25, -0.2) is 4.79 Å². The van der Waals surface area contributed by atoms with Crippen LogP contribution in [0.3, 0.4) is 0 Å². The molecule has 6 nitrogen and oxygen atoms in total. The Balaban J connectivity index is 3.68. The minimum atomic E-state index is -0.576. The summed E-state index contributed by atoms with van der Waals surface area (Å²) in [5.41, 5.74) is 9.76. The summed E-state index contributed by atoms with van der Waals surface area (Å²) >= 11 is 0. The number of rotatable bonds is 2. The van der Waals surface area contributed by atoms with Crippen LogP contribution in [0.5, 0.6) is 0 Å². The fourth-order valence-electron chi connectivity index (χ4n) is 1.11. The van der Waals surface area contributed by atoms with Crippen LogP contribution >= 0.6 is 0 Å². The Morgan fingerprint density at radius 1 is 1.43 bits per heavy atom. The Bertz CT molecular complexity index is 483. The zero-order chi connectivity index (χ0) is 10.9. The van der Waals surface area contributed by atoms with Crippen LogP contribution in [-0.2, 0) is 13.6 Å². The minimum absolute atomic E-state index is 0.0157. The minimum Gasteiger partial charge on any atom is -0.391 e. The fourth-order valence-corrected chi connectivity index (χ4v) is 1.11. The molecular weight excluding hydrogens is 184 g/mol. The number of aromatic nitrogens is 2. The van der Waals surface area contributed by atoms with Crippen molar-refractivity contribution in [3.63, 3.8) is 0 Å². The molecule has 4 N–H and O–H groups in total. The molecule has 0 spiro atoms. The third-order valence-corrected chi connectivity index (χ3v) is 1.93. The normalized spacial score (nSPS) is 10.1. The molecule has 0 bridgehead atoms. The summed E-state index contributed by atoms with van der Waals surface area (Å²) in [7, 11) is 1.35. The summed E-state index contributed by atoms with van der Waals surface area (Å²) in [6.07, 6.45) is 1.50. The van der Waals surface area contributed by atoms with Gasteiger partial charge in [-0.3, -0.25) is 13.9 Å². The van der Waals surface area contributed by atoms with E-state index in [-0.39, 0.29) is 18.1 Å². The average molecular weight is 196 g/mol. The van der Waals surface area contributed by atoms with Crippen LogP contribution in [0.1, 0.15) is 0 Å². The van der Waals surface area contributed by atoms with E-state index >= 15 is 0 Å². The number of hydrogen-bond acceptors (Lipinski definition) is 4. The van der Waals surface area contributed by atoms with Gasteiger partial charge >= 0.3 is 5.69 Å². The van der Waals surface area contributed by atoms with E-state index < -0.39 is 11.2 Å². The lowest BCUT2D eigenvalue weighted by Crippen LogP contribution is -2.40. The monoisotopic (exact) mass is 196 g/mol. The van der Waals surface area contributed by atoms with Crippen molar-refractivity contribution in [2.24, 2.45) is 7.05 Å². The molecule has 6 heteroatoms. The third kappa shape index (κ3) is 1.30. The molecule has 0 aliphatic heterocycles. The number of nitrogens with zero attached hydrogens (tertiary/aromatic N) is 2. The lowest BCUT2D eigenvalue weighted by Gasteiger charge is -2.10. The van der Waals surface area contributed by atoms with E-state index in [1.165, 1.54) is 17.7 Å². The Labute approximate surface area is 80.1 Å². The van der Waals surface area contributed by atoms with Gasteiger partial charge in [-0.1, -0.05) is 6.08 Å². The Hall–Kier alpha value is -1.98. The summed E-state index contributed by atoms with van der Waals surface area (Å²) in [4.78, 5) is 22.8. The van der Waals surface area contributed by atoms with E-state index in [4.69, 9.17) is 11.5 Å². The lowest BCUT2D eigenvalue weighted by molar-refractivity contribution is 0.667. The van der Waals surface area contributed by atoms with Gasteiger partial charge in [-0.2, -0.15) is 0 Å². The third-order valence-electron chi connectivity index (χ3n) is 1.93. The van der Waals surface area contributed by atoms with E-state index in [1.807, 2.05) is 0 Å². The zero-order valence-electron chi connectivity index (χ0n) is 7.86. The van der Waals surface area contributed by atoms with Crippen molar-refractivity contribution in [1.82, 2.24) is 9.13 Å². The zero-order valence-corrected chi connectivity index (χ0v) is 7.86. The second-order valence-corrected chi connectivity index (χ2v) is 2.84. The van der Waals surface area contributed by atoms with Gasteiger partial charge in [0.2, 0.25) is 0 Å². The smallest absolute Gasteiger partial charge is 0.332 e. The molecule has 0 amide bonds. The first-order valence-electron chi connectivity index (χ1n) is 3.96. The summed E-state index contributed by atoms with van der Waals surface area (Å²) in [5.74, 6) is -0.0157. The average Bonchev–Trinajstić information content (AvgIpc) is 2.19. The highest BCUT2D eigenvalue weighted by atomic mass is 16.2. The number of allylic oxidation sites excluding steroid dienone is 1. The molecule has 0 atom stereocenters. The first-order chi connectivity index (χ1) is 6.50. The second kappa shape index (κ2) is 3.41. The maximum Gasteiger partial charge on any atom is 0.332 e. The van der Waals surface area contributed by atoms with Gasteiger partial charge in [0, 0.05) is 13.6 Å². The first-order valence-corrected chi connectivity index (χ1v) is 3.96. The van der Waals surface area contributed by atoms with Crippen LogP contribution in [0.2, 0.25) is 0 Å². The molecule has 76 valence electrons. The molecule has 14 heavy (non-hydrogen) atoms. The predicted octanol–water partition coefficient (Wildman–Crippen LogP) is -1.10. The maximum absolute atomic E-state index is 11.5. The van der Waals surface area contributed by atoms with Gasteiger partial charge in [0.15, 0.2) is 0 Å². The van der Waals surface area contributed by atoms with Gasteiger partial charge in [0.1, 0.15) is 11.5 Å². The Morgan fingerprint density at radius 2 is 2.00 bits per heavy atom. The number of nitrogens with two attached hydrogens (primary N) is 2. The predicted molar refractivity (Wildman–Crippen MR) is 55.0 cm³/mol. The highest BCUT2D eigenvalue weighted by Crippen LogP contribution is 2.04. The van der Waals surface area contributed by atoms with Crippen molar-refractivity contribution in [2.45, 2.75) is 6.54 Å². The molecule has 0 saturated carbocycles. The topological polar surface area (TPSA) is 96.0 Å². The van der Waals surface area contributed by atoms with E-state index in [0.29, 0.717) is 0 Å². The molecule has 0 saturated heterocycles. The largest absolute Gasteiger partial charge is 0.391 e. The van der Waals surface area contributed by atoms with Crippen LogP contribution in [0.4, 0.5) is 11.5 Å². The molecule has 0 aliphatic rings. The molecule has 1 aromatic heterocycles. The number of nitrogen functional groups attached to an aromatic ring is 2. The summed E-state index contributed by atoms with van der Waals surface area (Å²) in [5, 5.41) is 0. The van der Waals surface area contributed by atoms with Gasteiger partial charge in [0.25, 0.3) is 5.56 Å². The molecule has 0 unspecified atom stereocenters. The van der Waals surface area contributed by atoms with Crippen molar-refractivity contribution < 1.29 is 0 Å². The lowest BCUT2D eigenvalue weighted by atomic mass is 10.4. The molecule has 0 radical (unpaired) electrons. The standard InChI is InChI=1S/C8H12N4O2/c1-3-4-12-6(10)5(9)7(13)11(2)8(12)14/h3H,1,4,9-10H2,2H3. The van der Waals surface area contributed by atoms with Gasteiger partial charge in [0.05, 0.1) is 0 Å². The van der Waals surface area contributed by atoms with Crippen molar-refractivity contribution in [1.29, 1.82) is 0 Å². The molecule has 1 rings (SSSR count). The first kappa shape index (κ1) is 10.1. The summed E-state index contributed by atoms with van der Waals surface area (Å²) in [6, 6.07) is 0. The van der Waals surface area contributed by atoms with Crippen LogP contribution in [0.15, 0.2) is 22.2 Å². The van der Waals surface area contributed by atoms with Crippen LogP contribution < -0.4 is 22.7 Å². The highest BCUT2D eigenvalue weighted by Gasteiger charge is 2.10. The van der Waals surface area contributed by atoms with Crippen LogP contribution in [-0.4, -0.2) is 9.13 Å². The Morgan fingerprint density at radius 3 is 2.50 bits per heavy atom. The van der Waals surface area contributed by atoms with Crippen LogP contribution in [0, 0.1) is 0 Å². The fraction of sp³-hybridized carbons (Fsp3) is 0.250. The second-order valence-electron chi connectivity index (χ2n) is 2.84. The Kier molecular flexibility index (Phi) is 2.46. The van der Waals surface area contributed by atoms with Gasteiger partial charge in [-0.05, 0) is 0 Å². The molecule has 1 aromatic rings. The van der Waals surface area contributed by atoms with E-state index in [9.17, 15) is 9.59 Å².